The Bertz CT molecular complexity index is 681. The molecule has 5 nitrogen and oxygen atoms in total. The second-order valence-electron chi connectivity index (χ2n) is 3.64. The van der Waals surface area contributed by atoms with Gasteiger partial charge in [0.2, 0.25) is 0 Å². The minimum atomic E-state index is -4.98. The maximum atomic E-state index is 12.1. The van der Waals surface area contributed by atoms with Crippen LogP contribution >= 0.6 is 11.3 Å². The lowest BCUT2D eigenvalue weighted by Crippen LogP contribution is -2.29. The molecule has 1 aromatic heterocycles. The molecule has 2 aromatic rings. The van der Waals surface area contributed by atoms with Crippen LogP contribution in [0.3, 0.4) is 0 Å². The zero-order valence-corrected chi connectivity index (χ0v) is 10.8. The van der Waals surface area contributed by atoms with E-state index >= 15 is 0 Å². The van der Waals surface area contributed by atoms with Gasteiger partial charge in [0.15, 0.2) is 5.13 Å². The van der Waals surface area contributed by atoms with E-state index in [0.717, 1.165) is 11.3 Å². The van der Waals surface area contributed by atoms with E-state index in [9.17, 15) is 22.8 Å². The summed E-state index contributed by atoms with van der Waals surface area (Å²) in [6.07, 6.45) is -4.98. The van der Waals surface area contributed by atoms with Crippen molar-refractivity contribution in [3.05, 3.63) is 23.8 Å². The zero-order chi connectivity index (χ0) is 14.9. The summed E-state index contributed by atoms with van der Waals surface area (Å²) < 4.78 is 41.3. The van der Waals surface area contributed by atoms with E-state index in [2.05, 4.69) is 9.72 Å². The Hall–Kier alpha value is -2.16. The summed E-state index contributed by atoms with van der Waals surface area (Å²) >= 11 is 0.833. The van der Waals surface area contributed by atoms with Gasteiger partial charge < -0.3 is 4.74 Å². The fourth-order valence-electron chi connectivity index (χ4n) is 1.39. The maximum Gasteiger partial charge on any atom is 0.471 e. The van der Waals surface area contributed by atoms with Crippen molar-refractivity contribution in [1.82, 2.24) is 4.98 Å². The highest BCUT2D eigenvalue weighted by atomic mass is 32.1. The van der Waals surface area contributed by atoms with Crippen LogP contribution in [0.4, 0.5) is 18.3 Å². The number of carbonyl (C=O) groups is 2. The first-order valence-electron chi connectivity index (χ1n) is 5.18. The van der Waals surface area contributed by atoms with Crippen LogP contribution in [0.25, 0.3) is 10.2 Å². The molecule has 106 valence electrons. The van der Waals surface area contributed by atoms with Crippen LogP contribution in [-0.4, -0.2) is 30.1 Å². The average Bonchev–Trinajstić information content (AvgIpc) is 2.77. The third-order valence-electron chi connectivity index (χ3n) is 2.29. The van der Waals surface area contributed by atoms with Gasteiger partial charge in [-0.25, -0.2) is 9.78 Å². The Labute approximate surface area is 114 Å². The summed E-state index contributed by atoms with van der Waals surface area (Å²) in [6.45, 7) is 0. The van der Waals surface area contributed by atoms with Crippen LogP contribution in [0, 0.1) is 0 Å². The van der Waals surface area contributed by atoms with Gasteiger partial charge in [0.05, 0.1) is 22.9 Å². The van der Waals surface area contributed by atoms with Crippen LogP contribution in [0.2, 0.25) is 0 Å². The number of anilines is 1. The quantitative estimate of drug-likeness (QED) is 0.866. The fraction of sp³-hybridized carbons (Fsp3) is 0.182. The highest BCUT2D eigenvalue weighted by molar-refractivity contribution is 7.22. The topological polar surface area (TPSA) is 68.3 Å². The number of hydrogen-bond acceptors (Lipinski definition) is 5. The SMILES string of the molecule is COC(=O)c1ccc2nc(NC(=O)C(F)(F)F)sc2c1. The Morgan fingerprint density at radius 1 is 1.35 bits per heavy atom. The normalized spacial score (nSPS) is 11.4. The highest BCUT2D eigenvalue weighted by Crippen LogP contribution is 2.28. The number of aromatic nitrogens is 1. The highest BCUT2D eigenvalue weighted by Gasteiger charge is 2.39. The summed E-state index contributed by atoms with van der Waals surface area (Å²) in [5, 5.41) is 1.47. The third-order valence-corrected chi connectivity index (χ3v) is 3.22. The van der Waals surface area contributed by atoms with Gasteiger partial charge in [0, 0.05) is 0 Å². The number of fused-ring (bicyclic) bond motifs is 1. The van der Waals surface area contributed by atoms with Crippen molar-refractivity contribution in [1.29, 1.82) is 0 Å². The molecule has 0 aliphatic rings. The third kappa shape index (κ3) is 2.87. The van der Waals surface area contributed by atoms with Gasteiger partial charge in [-0.2, -0.15) is 13.2 Å². The largest absolute Gasteiger partial charge is 0.471 e. The molecular formula is C11H7F3N2O3S. The van der Waals surface area contributed by atoms with Gasteiger partial charge in [-0.05, 0) is 18.2 Å². The molecule has 0 aliphatic heterocycles. The van der Waals surface area contributed by atoms with Crippen molar-refractivity contribution < 1.29 is 27.5 Å². The van der Waals surface area contributed by atoms with Gasteiger partial charge in [-0.3, -0.25) is 10.1 Å². The number of rotatable bonds is 2. The molecule has 0 saturated heterocycles. The Kier molecular flexibility index (Phi) is 3.62. The van der Waals surface area contributed by atoms with E-state index < -0.39 is 18.1 Å². The first kappa shape index (κ1) is 14.3. The van der Waals surface area contributed by atoms with Crippen LogP contribution in [0.15, 0.2) is 18.2 Å². The van der Waals surface area contributed by atoms with Gasteiger partial charge in [0.25, 0.3) is 0 Å². The molecule has 1 amide bonds. The smallest absolute Gasteiger partial charge is 0.465 e. The number of thiazole rings is 1. The summed E-state index contributed by atoms with van der Waals surface area (Å²) in [6, 6.07) is 4.33. The number of methoxy groups -OCH3 is 1. The Balaban J connectivity index is 2.30. The minimum Gasteiger partial charge on any atom is -0.465 e. The number of hydrogen-bond donors (Lipinski definition) is 1. The van der Waals surface area contributed by atoms with E-state index in [1.807, 2.05) is 0 Å². The number of halogens is 3. The van der Waals surface area contributed by atoms with E-state index in [0.29, 0.717) is 10.2 Å². The molecule has 1 aromatic carbocycles. The summed E-state index contributed by atoms with van der Waals surface area (Å²) in [4.78, 5) is 25.9. The molecule has 1 heterocycles. The maximum absolute atomic E-state index is 12.1. The lowest BCUT2D eigenvalue weighted by atomic mass is 10.2. The standard InChI is InChI=1S/C11H7F3N2O3S/c1-19-8(17)5-2-3-6-7(4-5)20-10(15-6)16-9(18)11(12,13)14/h2-4H,1H3,(H,15,16,18). The van der Waals surface area contributed by atoms with Gasteiger partial charge in [0.1, 0.15) is 0 Å². The first-order chi connectivity index (χ1) is 9.31. The summed E-state index contributed by atoms with van der Waals surface area (Å²) in [5.74, 6) is -2.66. The first-order valence-corrected chi connectivity index (χ1v) is 6.00. The van der Waals surface area contributed by atoms with Crippen molar-refractivity contribution in [3.63, 3.8) is 0 Å². The van der Waals surface area contributed by atoms with Crippen molar-refractivity contribution >= 4 is 38.6 Å². The Morgan fingerprint density at radius 2 is 2.05 bits per heavy atom. The number of ether oxygens (including phenoxy) is 1. The van der Waals surface area contributed by atoms with E-state index in [4.69, 9.17) is 0 Å². The van der Waals surface area contributed by atoms with Crippen LogP contribution in [0.5, 0.6) is 0 Å². The molecule has 0 unspecified atom stereocenters. The summed E-state index contributed by atoms with van der Waals surface area (Å²) in [5.41, 5.74) is 0.623. The van der Waals surface area contributed by atoms with E-state index in [1.54, 1.807) is 5.32 Å². The number of esters is 1. The van der Waals surface area contributed by atoms with Crippen molar-refractivity contribution in [2.75, 3.05) is 12.4 Å². The predicted octanol–water partition coefficient (Wildman–Crippen LogP) is 2.58. The summed E-state index contributed by atoms with van der Waals surface area (Å²) in [7, 11) is 1.22. The molecular weight excluding hydrogens is 297 g/mol. The number of amides is 1. The zero-order valence-electron chi connectivity index (χ0n) is 9.95. The van der Waals surface area contributed by atoms with Crippen LogP contribution < -0.4 is 5.32 Å². The predicted molar refractivity (Wildman–Crippen MR) is 65.6 cm³/mol. The monoisotopic (exact) mass is 304 g/mol. The molecule has 20 heavy (non-hydrogen) atoms. The molecule has 9 heteroatoms. The minimum absolute atomic E-state index is 0.190. The lowest BCUT2D eigenvalue weighted by Gasteiger charge is -2.03. The molecule has 0 radical (unpaired) electrons. The van der Waals surface area contributed by atoms with E-state index in [-0.39, 0.29) is 10.7 Å². The number of benzene rings is 1. The lowest BCUT2D eigenvalue weighted by molar-refractivity contribution is -0.167. The molecule has 1 N–H and O–H groups in total. The van der Waals surface area contributed by atoms with Crippen LogP contribution in [-0.2, 0) is 9.53 Å². The molecule has 0 bridgehead atoms. The Morgan fingerprint density at radius 3 is 2.65 bits per heavy atom. The molecule has 0 aliphatic carbocycles. The molecule has 0 saturated carbocycles. The van der Waals surface area contributed by atoms with Crippen molar-refractivity contribution in [2.24, 2.45) is 0 Å². The number of nitrogens with one attached hydrogen (secondary N) is 1. The molecule has 2 rings (SSSR count). The molecule has 0 spiro atoms. The molecule has 0 fully saturated rings. The van der Waals surface area contributed by atoms with Crippen molar-refractivity contribution in [3.8, 4) is 0 Å². The van der Waals surface area contributed by atoms with Crippen molar-refractivity contribution in [2.45, 2.75) is 6.18 Å². The second kappa shape index (κ2) is 5.08. The second-order valence-corrected chi connectivity index (χ2v) is 4.68. The fourth-order valence-corrected chi connectivity index (χ4v) is 2.29. The number of nitrogens with zero attached hydrogens (tertiary/aromatic N) is 1. The van der Waals surface area contributed by atoms with Gasteiger partial charge >= 0.3 is 18.1 Å². The van der Waals surface area contributed by atoms with E-state index in [1.165, 1.54) is 25.3 Å². The molecule has 0 atom stereocenters. The van der Waals surface area contributed by atoms with Crippen LogP contribution in [0.1, 0.15) is 10.4 Å². The van der Waals surface area contributed by atoms with Gasteiger partial charge in [-0.1, -0.05) is 11.3 Å². The number of carbonyl (C=O) groups excluding carboxylic acids is 2. The van der Waals surface area contributed by atoms with Gasteiger partial charge in [-0.15, -0.1) is 0 Å². The number of alkyl halides is 3. The average molecular weight is 304 g/mol.